The molecule has 1 aromatic heterocycles. The first kappa shape index (κ1) is 17.1. The van der Waals surface area contributed by atoms with Crippen molar-refractivity contribution in [1.82, 2.24) is 14.5 Å². The number of rotatable bonds is 2. The van der Waals surface area contributed by atoms with Crippen LogP contribution in [0.1, 0.15) is 24.8 Å². The van der Waals surface area contributed by atoms with Crippen LogP contribution in [0.4, 0.5) is 5.82 Å². The summed E-state index contributed by atoms with van der Waals surface area (Å²) < 4.78 is 7.52. The van der Waals surface area contributed by atoms with Gasteiger partial charge in [0.25, 0.3) is 0 Å². The number of nitrogens with zero attached hydrogens (tertiary/aromatic N) is 3. The zero-order valence-electron chi connectivity index (χ0n) is 14.8. The van der Waals surface area contributed by atoms with E-state index < -0.39 is 0 Å². The largest absolute Gasteiger partial charge is 0.492 e. The third kappa shape index (κ3) is 3.45. The molecular formula is C19H25N5O2. The number of hydrogen-bond acceptors (Lipinski definition) is 6. The number of likely N-dealkylation sites (tertiary alicyclic amines) is 1. The molecule has 0 aliphatic carbocycles. The number of anilines is 1. The molecule has 7 nitrogen and oxygen atoms in total. The van der Waals surface area contributed by atoms with Crippen LogP contribution in [0.5, 0.6) is 5.75 Å². The Morgan fingerprint density at radius 1 is 1.19 bits per heavy atom. The lowest BCUT2D eigenvalue weighted by molar-refractivity contribution is 0.122. The highest BCUT2D eigenvalue weighted by Gasteiger charge is 2.27. The van der Waals surface area contributed by atoms with Crippen LogP contribution in [0.3, 0.4) is 0 Å². The van der Waals surface area contributed by atoms with Crippen LogP contribution in [0, 0.1) is 0 Å². The second kappa shape index (κ2) is 7.09. The van der Waals surface area contributed by atoms with Gasteiger partial charge in [-0.15, -0.1) is 0 Å². The Labute approximate surface area is 152 Å². The summed E-state index contributed by atoms with van der Waals surface area (Å²) in [6.45, 7) is 2.79. The lowest BCUT2D eigenvalue weighted by Gasteiger charge is -2.34. The zero-order chi connectivity index (χ0) is 18.1. The van der Waals surface area contributed by atoms with Gasteiger partial charge in [-0.05, 0) is 49.9 Å². The smallest absolute Gasteiger partial charge is 0.354 e. The van der Waals surface area contributed by atoms with Crippen LogP contribution in [0.2, 0.25) is 0 Å². The molecule has 4 rings (SSSR count). The standard InChI is InChI=1S/C19H25N5O2/c20-14-2-1-7-23(8-5-14)16-10-13-3-4-15(11-17(13)26-12-16)24-9-6-18(21)22-19(24)25/h3-4,6,9,11,14,16H,1-2,5,7-8,10,12,20H2,(H2,21,22,25). The highest BCUT2D eigenvalue weighted by atomic mass is 16.5. The molecule has 0 amide bonds. The van der Waals surface area contributed by atoms with Gasteiger partial charge in [0.2, 0.25) is 0 Å². The number of nitrogens with two attached hydrogens (primary N) is 2. The maximum absolute atomic E-state index is 12.0. The number of aromatic nitrogens is 2. The van der Waals surface area contributed by atoms with Gasteiger partial charge in [0, 0.05) is 30.9 Å². The quantitative estimate of drug-likeness (QED) is 0.831. The Balaban J connectivity index is 1.53. The molecule has 1 aromatic carbocycles. The summed E-state index contributed by atoms with van der Waals surface area (Å²) in [7, 11) is 0. The molecule has 0 spiro atoms. The minimum Gasteiger partial charge on any atom is -0.492 e. The molecule has 2 aliphatic heterocycles. The molecule has 2 aliphatic rings. The summed E-state index contributed by atoms with van der Waals surface area (Å²) in [6.07, 6.45) is 5.90. The molecular weight excluding hydrogens is 330 g/mol. The first-order chi connectivity index (χ1) is 12.6. The Morgan fingerprint density at radius 2 is 2.08 bits per heavy atom. The van der Waals surface area contributed by atoms with E-state index in [9.17, 15) is 4.79 Å². The monoisotopic (exact) mass is 355 g/mol. The molecule has 4 N–H and O–H groups in total. The van der Waals surface area contributed by atoms with Crippen LogP contribution in [-0.4, -0.2) is 46.2 Å². The topological polar surface area (TPSA) is 99.4 Å². The summed E-state index contributed by atoms with van der Waals surface area (Å²) in [5.74, 6) is 1.06. The van der Waals surface area contributed by atoms with Gasteiger partial charge in [-0.2, -0.15) is 4.98 Å². The van der Waals surface area contributed by atoms with Gasteiger partial charge in [0.15, 0.2) is 0 Å². The molecule has 2 aromatic rings. The minimum atomic E-state index is -0.389. The van der Waals surface area contributed by atoms with Gasteiger partial charge >= 0.3 is 5.69 Å². The van der Waals surface area contributed by atoms with Crippen LogP contribution in [0.25, 0.3) is 5.69 Å². The molecule has 0 radical (unpaired) electrons. The third-order valence-corrected chi connectivity index (χ3v) is 5.36. The number of ether oxygens (including phenoxy) is 1. The summed E-state index contributed by atoms with van der Waals surface area (Å²) in [6, 6.07) is 8.21. The number of fused-ring (bicyclic) bond motifs is 1. The molecule has 2 unspecified atom stereocenters. The lowest BCUT2D eigenvalue weighted by Crippen LogP contribution is -2.44. The van der Waals surface area contributed by atoms with Crippen molar-refractivity contribution in [2.24, 2.45) is 5.73 Å². The summed E-state index contributed by atoms with van der Waals surface area (Å²) >= 11 is 0. The lowest BCUT2D eigenvalue weighted by atomic mass is 10.0. The van der Waals surface area contributed by atoms with E-state index in [-0.39, 0.29) is 11.5 Å². The van der Waals surface area contributed by atoms with Crippen molar-refractivity contribution in [1.29, 1.82) is 0 Å². The van der Waals surface area contributed by atoms with Gasteiger partial charge in [-0.25, -0.2) is 4.79 Å². The maximum atomic E-state index is 12.0. The Morgan fingerprint density at radius 3 is 2.92 bits per heavy atom. The molecule has 0 saturated carbocycles. The summed E-state index contributed by atoms with van der Waals surface area (Å²) in [5.41, 5.74) is 13.2. The van der Waals surface area contributed by atoms with Crippen LogP contribution in [-0.2, 0) is 6.42 Å². The normalized spacial score (nSPS) is 23.7. The van der Waals surface area contributed by atoms with Crippen LogP contribution < -0.4 is 21.9 Å². The Hall–Kier alpha value is -2.38. The molecule has 26 heavy (non-hydrogen) atoms. The van der Waals surface area contributed by atoms with Gasteiger partial charge in [-0.1, -0.05) is 6.07 Å². The van der Waals surface area contributed by atoms with E-state index >= 15 is 0 Å². The molecule has 0 bridgehead atoms. The third-order valence-electron chi connectivity index (χ3n) is 5.36. The van der Waals surface area contributed by atoms with Gasteiger partial charge in [-0.3, -0.25) is 9.47 Å². The fourth-order valence-corrected chi connectivity index (χ4v) is 3.85. The highest BCUT2D eigenvalue weighted by Crippen LogP contribution is 2.29. The maximum Gasteiger partial charge on any atom is 0.354 e. The van der Waals surface area contributed by atoms with Crippen molar-refractivity contribution in [3.8, 4) is 11.4 Å². The number of hydrogen-bond donors (Lipinski definition) is 2. The second-order valence-corrected chi connectivity index (χ2v) is 7.19. The molecule has 7 heteroatoms. The van der Waals surface area contributed by atoms with Crippen molar-refractivity contribution in [2.75, 3.05) is 25.4 Å². The first-order valence-corrected chi connectivity index (χ1v) is 9.21. The summed E-state index contributed by atoms with van der Waals surface area (Å²) in [5, 5.41) is 0. The average Bonchev–Trinajstić information content (AvgIpc) is 2.85. The van der Waals surface area contributed by atoms with Crippen molar-refractivity contribution in [3.05, 3.63) is 46.5 Å². The fraction of sp³-hybridized carbons (Fsp3) is 0.474. The van der Waals surface area contributed by atoms with Gasteiger partial charge in [0.05, 0.1) is 5.69 Å². The SMILES string of the molecule is Nc1ccn(-c2ccc3c(c2)OCC(N2CCCC(N)CC2)C3)c(=O)n1. The number of benzene rings is 1. The minimum absolute atomic E-state index is 0.223. The molecule has 1 saturated heterocycles. The molecule has 1 fully saturated rings. The van der Waals surface area contributed by atoms with Gasteiger partial charge < -0.3 is 16.2 Å². The van der Waals surface area contributed by atoms with E-state index in [1.807, 2.05) is 18.2 Å². The van der Waals surface area contributed by atoms with E-state index in [2.05, 4.69) is 9.88 Å². The Bertz CT molecular complexity index is 850. The number of nitrogen functional groups attached to an aromatic ring is 1. The fourth-order valence-electron chi connectivity index (χ4n) is 3.85. The zero-order valence-corrected chi connectivity index (χ0v) is 14.8. The van der Waals surface area contributed by atoms with E-state index in [0.717, 1.165) is 50.2 Å². The van der Waals surface area contributed by atoms with Crippen molar-refractivity contribution < 1.29 is 4.74 Å². The first-order valence-electron chi connectivity index (χ1n) is 9.21. The van der Waals surface area contributed by atoms with E-state index in [1.165, 1.54) is 10.1 Å². The molecule has 2 atom stereocenters. The predicted octanol–water partition coefficient (Wildman–Crippen LogP) is 0.931. The predicted molar refractivity (Wildman–Crippen MR) is 101 cm³/mol. The van der Waals surface area contributed by atoms with Crippen molar-refractivity contribution in [2.45, 2.75) is 37.8 Å². The Kier molecular flexibility index (Phi) is 4.65. The van der Waals surface area contributed by atoms with Crippen LogP contribution >= 0.6 is 0 Å². The van der Waals surface area contributed by atoms with Crippen LogP contribution in [0.15, 0.2) is 35.3 Å². The van der Waals surface area contributed by atoms with Gasteiger partial charge in [0.1, 0.15) is 18.2 Å². The molecule has 3 heterocycles. The van der Waals surface area contributed by atoms with Crippen molar-refractivity contribution >= 4 is 5.82 Å². The van der Waals surface area contributed by atoms with E-state index in [1.54, 1.807) is 12.3 Å². The van der Waals surface area contributed by atoms with Crippen molar-refractivity contribution in [3.63, 3.8) is 0 Å². The average molecular weight is 355 g/mol. The molecule has 138 valence electrons. The highest BCUT2D eigenvalue weighted by molar-refractivity contribution is 5.46. The van der Waals surface area contributed by atoms with E-state index in [0.29, 0.717) is 18.7 Å². The summed E-state index contributed by atoms with van der Waals surface area (Å²) in [4.78, 5) is 18.3. The second-order valence-electron chi connectivity index (χ2n) is 7.19. The van der Waals surface area contributed by atoms with E-state index in [4.69, 9.17) is 16.2 Å².